The maximum absolute atomic E-state index is 10.8. The van der Waals surface area contributed by atoms with Gasteiger partial charge in [-0.05, 0) is 17.7 Å². The molecule has 0 atom stereocenters. The zero-order valence-corrected chi connectivity index (χ0v) is 9.69. The molecule has 0 spiro atoms. The van der Waals surface area contributed by atoms with Crippen molar-refractivity contribution in [2.24, 2.45) is 0 Å². The summed E-state index contributed by atoms with van der Waals surface area (Å²) in [7, 11) is 0. The van der Waals surface area contributed by atoms with Crippen LogP contribution in [0.2, 0.25) is 0 Å². The van der Waals surface area contributed by atoms with E-state index in [2.05, 4.69) is 10.6 Å². The largest absolute Gasteiger partial charge is 0.481 e. The van der Waals surface area contributed by atoms with E-state index in [1.165, 1.54) is 6.92 Å². The fraction of sp³-hybridized carbons (Fsp3) is 0.333. The van der Waals surface area contributed by atoms with Gasteiger partial charge in [-0.1, -0.05) is 12.1 Å². The average Bonchev–Trinajstić information content (AvgIpc) is 2.25. The quantitative estimate of drug-likeness (QED) is 0.649. The molecule has 5 heteroatoms. The molecule has 0 fully saturated rings. The molecule has 0 aliphatic heterocycles. The summed E-state index contributed by atoms with van der Waals surface area (Å²) in [5, 5.41) is 14.2. The maximum Gasteiger partial charge on any atom is 0.304 e. The number of carboxylic acid groups (broad SMARTS) is 1. The monoisotopic (exact) mass is 236 g/mol. The van der Waals surface area contributed by atoms with Crippen LogP contribution in [0, 0.1) is 0 Å². The summed E-state index contributed by atoms with van der Waals surface area (Å²) in [6.07, 6.45) is 0.115. The number of aliphatic carboxylic acids is 1. The second-order valence-electron chi connectivity index (χ2n) is 3.70. The Balaban J connectivity index is 2.35. The second kappa shape index (κ2) is 6.65. The van der Waals surface area contributed by atoms with E-state index in [1.807, 2.05) is 24.3 Å². The van der Waals surface area contributed by atoms with Crippen molar-refractivity contribution < 1.29 is 14.7 Å². The highest BCUT2D eigenvalue weighted by atomic mass is 16.4. The Morgan fingerprint density at radius 1 is 1.24 bits per heavy atom. The Morgan fingerprint density at radius 3 is 2.41 bits per heavy atom. The summed E-state index contributed by atoms with van der Waals surface area (Å²) in [5.41, 5.74) is 1.80. The van der Waals surface area contributed by atoms with Crippen LogP contribution < -0.4 is 10.6 Å². The van der Waals surface area contributed by atoms with Crippen molar-refractivity contribution in [1.29, 1.82) is 0 Å². The lowest BCUT2D eigenvalue weighted by Crippen LogP contribution is -2.17. The Hall–Kier alpha value is -1.88. The SMILES string of the molecule is CC(=O)Nc1ccc(CNCCC(=O)O)cc1. The lowest BCUT2D eigenvalue weighted by Gasteiger charge is -2.05. The summed E-state index contributed by atoms with van der Waals surface area (Å²) in [6.45, 7) is 2.53. The first-order valence-corrected chi connectivity index (χ1v) is 5.37. The van der Waals surface area contributed by atoms with Crippen molar-refractivity contribution >= 4 is 17.6 Å². The highest BCUT2D eigenvalue weighted by Gasteiger charge is 1.98. The van der Waals surface area contributed by atoms with E-state index < -0.39 is 5.97 Å². The lowest BCUT2D eigenvalue weighted by atomic mass is 10.2. The molecule has 5 nitrogen and oxygen atoms in total. The van der Waals surface area contributed by atoms with E-state index in [0.717, 1.165) is 11.3 Å². The van der Waals surface area contributed by atoms with Crippen LogP contribution in [0.4, 0.5) is 5.69 Å². The molecule has 0 radical (unpaired) electrons. The van der Waals surface area contributed by atoms with E-state index in [-0.39, 0.29) is 12.3 Å². The molecule has 1 aromatic rings. The molecule has 0 heterocycles. The molecular formula is C12H16N2O3. The number of carboxylic acids is 1. The van der Waals surface area contributed by atoms with Crippen molar-refractivity contribution in [2.45, 2.75) is 19.9 Å². The molecule has 0 saturated heterocycles. The lowest BCUT2D eigenvalue weighted by molar-refractivity contribution is -0.136. The fourth-order valence-electron chi connectivity index (χ4n) is 1.34. The normalized spacial score (nSPS) is 9.94. The molecular weight excluding hydrogens is 220 g/mol. The average molecular weight is 236 g/mol. The van der Waals surface area contributed by atoms with E-state index in [0.29, 0.717) is 13.1 Å². The number of benzene rings is 1. The molecule has 0 aliphatic carbocycles. The highest BCUT2D eigenvalue weighted by Crippen LogP contribution is 2.09. The van der Waals surface area contributed by atoms with E-state index in [1.54, 1.807) is 0 Å². The minimum atomic E-state index is -0.807. The first-order valence-electron chi connectivity index (χ1n) is 5.37. The van der Waals surface area contributed by atoms with Crippen molar-refractivity contribution in [3.05, 3.63) is 29.8 Å². The van der Waals surface area contributed by atoms with Crippen LogP contribution in [-0.2, 0) is 16.1 Å². The van der Waals surface area contributed by atoms with Crippen LogP contribution in [0.15, 0.2) is 24.3 Å². The molecule has 3 N–H and O–H groups in total. The van der Waals surface area contributed by atoms with Gasteiger partial charge < -0.3 is 15.7 Å². The van der Waals surface area contributed by atoms with Gasteiger partial charge in [-0.25, -0.2) is 0 Å². The van der Waals surface area contributed by atoms with Gasteiger partial charge in [0.25, 0.3) is 0 Å². The van der Waals surface area contributed by atoms with Gasteiger partial charge in [0.1, 0.15) is 0 Å². The summed E-state index contributed by atoms with van der Waals surface area (Å²) in [4.78, 5) is 21.1. The minimum absolute atomic E-state index is 0.0997. The number of anilines is 1. The number of nitrogens with one attached hydrogen (secondary N) is 2. The molecule has 0 saturated carbocycles. The molecule has 1 amide bonds. The van der Waals surface area contributed by atoms with E-state index >= 15 is 0 Å². The predicted octanol–water partition coefficient (Wildman–Crippen LogP) is 1.21. The summed E-state index contributed by atoms with van der Waals surface area (Å²) >= 11 is 0. The van der Waals surface area contributed by atoms with Gasteiger partial charge in [0.2, 0.25) is 5.91 Å². The Labute approximate surface area is 99.8 Å². The van der Waals surface area contributed by atoms with Crippen molar-refractivity contribution in [2.75, 3.05) is 11.9 Å². The van der Waals surface area contributed by atoms with Crippen molar-refractivity contribution in [3.8, 4) is 0 Å². The smallest absolute Gasteiger partial charge is 0.304 e. The second-order valence-corrected chi connectivity index (χ2v) is 3.70. The molecule has 0 aromatic heterocycles. The van der Waals surface area contributed by atoms with Gasteiger partial charge in [-0.15, -0.1) is 0 Å². The van der Waals surface area contributed by atoms with Crippen molar-refractivity contribution in [3.63, 3.8) is 0 Å². The van der Waals surface area contributed by atoms with Gasteiger partial charge in [-0.2, -0.15) is 0 Å². The minimum Gasteiger partial charge on any atom is -0.481 e. The molecule has 17 heavy (non-hydrogen) atoms. The van der Waals surface area contributed by atoms with Crippen LogP contribution in [0.3, 0.4) is 0 Å². The first kappa shape index (κ1) is 13.2. The Morgan fingerprint density at radius 2 is 1.88 bits per heavy atom. The third-order valence-electron chi connectivity index (χ3n) is 2.12. The number of rotatable bonds is 6. The topological polar surface area (TPSA) is 78.4 Å². The molecule has 1 rings (SSSR count). The summed E-state index contributed by atoms with van der Waals surface area (Å²) < 4.78 is 0. The number of amides is 1. The van der Waals surface area contributed by atoms with E-state index in [9.17, 15) is 9.59 Å². The number of hydrogen-bond donors (Lipinski definition) is 3. The van der Waals surface area contributed by atoms with Gasteiger partial charge in [0, 0.05) is 25.7 Å². The number of carbonyl (C=O) groups is 2. The summed E-state index contributed by atoms with van der Waals surface area (Å²) in [5.74, 6) is -0.907. The Kier molecular flexibility index (Phi) is 5.16. The van der Waals surface area contributed by atoms with Gasteiger partial charge in [0.05, 0.1) is 6.42 Å². The van der Waals surface area contributed by atoms with Gasteiger partial charge >= 0.3 is 5.97 Å². The Bertz CT molecular complexity index is 387. The van der Waals surface area contributed by atoms with Crippen molar-refractivity contribution in [1.82, 2.24) is 5.32 Å². The predicted molar refractivity (Wildman–Crippen MR) is 64.7 cm³/mol. The zero-order chi connectivity index (χ0) is 12.7. The number of carbonyl (C=O) groups excluding carboxylic acids is 1. The third kappa shape index (κ3) is 5.67. The third-order valence-corrected chi connectivity index (χ3v) is 2.12. The molecule has 0 aliphatic rings. The molecule has 0 bridgehead atoms. The maximum atomic E-state index is 10.8. The first-order chi connectivity index (χ1) is 8.08. The molecule has 92 valence electrons. The number of hydrogen-bond acceptors (Lipinski definition) is 3. The zero-order valence-electron chi connectivity index (χ0n) is 9.69. The molecule has 0 unspecified atom stereocenters. The van der Waals surface area contributed by atoms with Crippen LogP contribution in [-0.4, -0.2) is 23.5 Å². The van der Waals surface area contributed by atoms with Crippen LogP contribution >= 0.6 is 0 Å². The van der Waals surface area contributed by atoms with Gasteiger partial charge in [0.15, 0.2) is 0 Å². The highest BCUT2D eigenvalue weighted by molar-refractivity contribution is 5.88. The van der Waals surface area contributed by atoms with Crippen LogP contribution in [0.1, 0.15) is 18.9 Å². The van der Waals surface area contributed by atoms with Crippen LogP contribution in [0.25, 0.3) is 0 Å². The fourth-order valence-corrected chi connectivity index (χ4v) is 1.34. The standard InChI is InChI=1S/C12H16N2O3/c1-9(15)14-11-4-2-10(3-5-11)8-13-7-6-12(16)17/h2-5,13H,6-8H2,1H3,(H,14,15)(H,16,17). The van der Waals surface area contributed by atoms with E-state index in [4.69, 9.17) is 5.11 Å². The summed E-state index contributed by atoms with van der Waals surface area (Å²) in [6, 6.07) is 7.41. The van der Waals surface area contributed by atoms with Crippen LogP contribution in [0.5, 0.6) is 0 Å². The van der Waals surface area contributed by atoms with Gasteiger partial charge in [-0.3, -0.25) is 9.59 Å². The molecule has 1 aromatic carbocycles.